The molecule has 1 aromatic carbocycles. The van der Waals surface area contributed by atoms with Gasteiger partial charge in [0.15, 0.2) is 6.61 Å². The van der Waals surface area contributed by atoms with E-state index in [0.717, 1.165) is 12.0 Å². The van der Waals surface area contributed by atoms with Crippen LogP contribution in [0.15, 0.2) is 18.2 Å². The zero-order chi connectivity index (χ0) is 15.6. The minimum absolute atomic E-state index is 0.00466. The Morgan fingerprint density at radius 3 is 2.57 bits per heavy atom. The van der Waals surface area contributed by atoms with E-state index in [1.54, 1.807) is 0 Å². The van der Waals surface area contributed by atoms with Crippen molar-refractivity contribution in [2.45, 2.75) is 40.2 Å². The molecule has 1 amide bonds. The van der Waals surface area contributed by atoms with E-state index >= 15 is 0 Å². The van der Waals surface area contributed by atoms with Gasteiger partial charge in [-0.1, -0.05) is 25.1 Å². The summed E-state index contributed by atoms with van der Waals surface area (Å²) in [6.45, 7) is 7.84. The van der Waals surface area contributed by atoms with Crippen molar-refractivity contribution in [3.05, 3.63) is 34.9 Å². The number of carbonyl (C=O) groups is 2. The zero-order valence-corrected chi connectivity index (χ0v) is 13.1. The predicted octanol–water partition coefficient (Wildman–Crippen LogP) is 2.68. The molecule has 1 fully saturated rings. The van der Waals surface area contributed by atoms with Crippen LogP contribution in [0, 0.1) is 25.7 Å². The largest absolute Gasteiger partial charge is 0.455 e. The maximum Gasteiger partial charge on any atom is 0.309 e. The van der Waals surface area contributed by atoms with Crippen molar-refractivity contribution < 1.29 is 14.3 Å². The van der Waals surface area contributed by atoms with Gasteiger partial charge in [0.2, 0.25) is 0 Å². The van der Waals surface area contributed by atoms with Crippen LogP contribution in [0.1, 0.15) is 43.0 Å². The van der Waals surface area contributed by atoms with Gasteiger partial charge in [0, 0.05) is 0 Å². The van der Waals surface area contributed by atoms with Crippen LogP contribution in [-0.4, -0.2) is 18.5 Å². The Morgan fingerprint density at radius 2 is 2.00 bits per heavy atom. The molecule has 21 heavy (non-hydrogen) atoms. The highest BCUT2D eigenvalue weighted by Crippen LogP contribution is 2.38. The smallest absolute Gasteiger partial charge is 0.309 e. The highest BCUT2D eigenvalue weighted by molar-refractivity contribution is 5.82. The molecule has 1 saturated carbocycles. The number of ether oxygens (including phenoxy) is 1. The van der Waals surface area contributed by atoms with Gasteiger partial charge in [-0.2, -0.15) is 0 Å². The summed E-state index contributed by atoms with van der Waals surface area (Å²) in [5.41, 5.74) is 3.47. The van der Waals surface area contributed by atoms with Crippen molar-refractivity contribution in [1.29, 1.82) is 0 Å². The lowest BCUT2D eigenvalue weighted by Crippen LogP contribution is -2.31. The van der Waals surface area contributed by atoms with Crippen molar-refractivity contribution in [2.75, 3.05) is 6.61 Å². The van der Waals surface area contributed by atoms with E-state index in [1.807, 2.05) is 32.9 Å². The first-order chi connectivity index (χ1) is 9.88. The van der Waals surface area contributed by atoms with E-state index in [4.69, 9.17) is 4.74 Å². The van der Waals surface area contributed by atoms with Crippen molar-refractivity contribution in [3.63, 3.8) is 0 Å². The predicted molar refractivity (Wildman–Crippen MR) is 80.7 cm³/mol. The maximum absolute atomic E-state index is 11.8. The molecule has 0 unspecified atom stereocenters. The molecule has 0 spiro atoms. The molecule has 0 aliphatic heterocycles. The Bertz CT molecular complexity index is 553. The summed E-state index contributed by atoms with van der Waals surface area (Å²) in [6.07, 6.45) is 0.875. The first kappa shape index (κ1) is 15.5. The molecule has 1 N–H and O–H groups in total. The molecule has 1 aliphatic carbocycles. The molecule has 114 valence electrons. The van der Waals surface area contributed by atoms with E-state index in [2.05, 4.69) is 18.3 Å². The van der Waals surface area contributed by atoms with Crippen LogP contribution in [0.3, 0.4) is 0 Å². The van der Waals surface area contributed by atoms with Crippen molar-refractivity contribution in [2.24, 2.45) is 11.8 Å². The second kappa shape index (κ2) is 6.29. The molecule has 4 heteroatoms. The summed E-state index contributed by atoms with van der Waals surface area (Å²) in [4.78, 5) is 23.4. The Morgan fingerprint density at radius 1 is 1.33 bits per heavy atom. The number of hydrogen-bond donors (Lipinski definition) is 1. The lowest BCUT2D eigenvalue weighted by molar-refractivity contribution is -0.150. The SMILES string of the molecule is Cc1ccc([C@H](C)NC(=O)COC(=O)[C@@H]2C[C@H]2C)cc1C. The molecule has 0 aromatic heterocycles. The Labute approximate surface area is 125 Å². The number of esters is 1. The lowest BCUT2D eigenvalue weighted by atomic mass is 10.0. The molecule has 1 aliphatic rings. The summed E-state index contributed by atoms with van der Waals surface area (Å²) in [5, 5.41) is 2.85. The van der Waals surface area contributed by atoms with Gasteiger partial charge >= 0.3 is 5.97 Å². The maximum atomic E-state index is 11.8. The van der Waals surface area contributed by atoms with Crippen LogP contribution in [0.5, 0.6) is 0 Å². The number of nitrogens with one attached hydrogen (secondary N) is 1. The van der Waals surface area contributed by atoms with E-state index in [-0.39, 0.29) is 30.4 Å². The monoisotopic (exact) mass is 289 g/mol. The zero-order valence-electron chi connectivity index (χ0n) is 13.1. The molecule has 2 rings (SSSR count). The average molecular weight is 289 g/mol. The molecule has 0 saturated heterocycles. The number of amides is 1. The van der Waals surface area contributed by atoms with Crippen LogP contribution < -0.4 is 5.32 Å². The number of carbonyl (C=O) groups excluding carboxylic acids is 2. The third-order valence-corrected chi connectivity index (χ3v) is 4.17. The van der Waals surface area contributed by atoms with Gasteiger partial charge in [-0.15, -0.1) is 0 Å². The van der Waals surface area contributed by atoms with Gasteiger partial charge in [0.25, 0.3) is 5.91 Å². The van der Waals surface area contributed by atoms with Crippen LogP contribution in [0.2, 0.25) is 0 Å². The molecule has 1 aromatic rings. The third kappa shape index (κ3) is 4.06. The minimum Gasteiger partial charge on any atom is -0.455 e. The third-order valence-electron chi connectivity index (χ3n) is 4.17. The number of benzene rings is 1. The van der Waals surface area contributed by atoms with Crippen molar-refractivity contribution >= 4 is 11.9 Å². The first-order valence-electron chi connectivity index (χ1n) is 7.41. The van der Waals surface area contributed by atoms with E-state index in [1.165, 1.54) is 11.1 Å². The Balaban J connectivity index is 1.81. The fourth-order valence-corrected chi connectivity index (χ4v) is 2.29. The van der Waals surface area contributed by atoms with Gasteiger partial charge in [0.05, 0.1) is 12.0 Å². The lowest BCUT2D eigenvalue weighted by Gasteiger charge is -2.15. The van der Waals surface area contributed by atoms with E-state index < -0.39 is 0 Å². The molecule has 0 bridgehead atoms. The molecule has 0 radical (unpaired) electrons. The fourth-order valence-electron chi connectivity index (χ4n) is 2.29. The van der Waals surface area contributed by atoms with Crippen molar-refractivity contribution in [3.8, 4) is 0 Å². The second-order valence-corrected chi connectivity index (χ2v) is 6.06. The second-order valence-electron chi connectivity index (χ2n) is 6.06. The van der Waals surface area contributed by atoms with Crippen molar-refractivity contribution in [1.82, 2.24) is 5.32 Å². The normalized spacial score (nSPS) is 21.5. The summed E-state index contributed by atoms with van der Waals surface area (Å²) >= 11 is 0. The molecule has 3 atom stereocenters. The van der Waals surface area contributed by atoms with Crippen LogP contribution in [0.25, 0.3) is 0 Å². The summed E-state index contributed by atoms with van der Waals surface area (Å²) < 4.78 is 5.03. The van der Waals surface area contributed by atoms with E-state index in [0.29, 0.717) is 5.92 Å². The summed E-state index contributed by atoms with van der Waals surface area (Å²) in [6, 6.07) is 6.01. The average Bonchev–Trinajstić information content (AvgIpc) is 3.16. The Kier molecular flexibility index (Phi) is 4.66. The highest BCUT2D eigenvalue weighted by Gasteiger charge is 2.40. The summed E-state index contributed by atoms with van der Waals surface area (Å²) in [5.74, 6) is -0.121. The standard InChI is InChI=1S/C17H23NO3/c1-10-5-6-14(7-11(10)2)13(4)18-16(19)9-21-17(20)15-8-12(15)3/h5-7,12-13,15H,8-9H2,1-4H3,(H,18,19)/t12-,13+,15-/m1/s1. The molecule has 0 heterocycles. The number of aryl methyl sites for hydroxylation is 2. The number of hydrogen-bond acceptors (Lipinski definition) is 3. The van der Waals surface area contributed by atoms with Gasteiger partial charge in [-0.05, 0) is 49.8 Å². The van der Waals surface area contributed by atoms with Gasteiger partial charge in [0.1, 0.15) is 0 Å². The minimum atomic E-state index is -0.262. The Hall–Kier alpha value is -1.84. The fraction of sp³-hybridized carbons (Fsp3) is 0.529. The van der Waals surface area contributed by atoms with Gasteiger partial charge in [-0.3, -0.25) is 9.59 Å². The van der Waals surface area contributed by atoms with Gasteiger partial charge in [-0.25, -0.2) is 0 Å². The first-order valence-corrected chi connectivity index (χ1v) is 7.41. The number of rotatable bonds is 5. The molecular formula is C17H23NO3. The molecular weight excluding hydrogens is 266 g/mol. The van der Waals surface area contributed by atoms with Crippen LogP contribution in [-0.2, 0) is 14.3 Å². The van der Waals surface area contributed by atoms with E-state index in [9.17, 15) is 9.59 Å². The quantitative estimate of drug-likeness (QED) is 0.848. The van der Waals surface area contributed by atoms with Gasteiger partial charge < -0.3 is 10.1 Å². The molecule has 4 nitrogen and oxygen atoms in total. The topological polar surface area (TPSA) is 55.4 Å². The van der Waals surface area contributed by atoms with Crippen LogP contribution in [0.4, 0.5) is 0 Å². The van der Waals surface area contributed by atoms with Crippen LogP contribution >= 0.6 is 0 Å². The highest BCUT2D eigenvalue weighted by atomic mass is 16.5. The summed E-state index contributed by atoms with van der Waals surface area (Å²) in [7, 11) is 0.